The maximum atomic E-state index is 12.0. The summed E-state index contributed by atoms with van der Waals surface area (Å²) in [5, 5.41) is -2.56. The first kappa shape index (κ1) is 8.76. The number of hydrogen-bond donors (Lipinski definition) is 0. The highest BCUT2D eigenvalue weighted by molar-refractivity contribution is 8.29. The smallest absolute Gasteiger partial charge is 0.232 e. The number of alkyl halides is 2. The number of hydrogen-bond acceptors (Lipinski definition) is 0. The maximum Gasteiger partial charge on any atom is 0.232 e. The normalized spacial score (nSPS) is 39.5. The lowest BCUT2D eigenvalue weighted by molar-refractivity contribution is 0.235. The SMILES string of the molecule is FC1=C(F)S(F)(F)C(F)C1F. The molecule has 11 heavy (non-hydrogen) atoms. The van der Waals surface area contributed by atoms with Gasteiger partial charge in [-0.2, -0.15) is 4.39 Å². The molecule has 0 radical (unpaired) electrons. The van der Waals surface area contributed by atoms with Crippen molar-refractivity contribution in [2.75, 3.05) is 0 Å². The first-order valence-corrected chi connectivity index (χ1v) is 3.93. The lowest BCUT2D eigenvalue weighted by Gasteiger charge is -2.15. The molecule has 2 unspecified atom stereocenters. The second-order valence-electron chi connectivity index (χ2n) is 1.88. The Hall–Kier alpha value is -0.330. The number of allylic oxidation sites excluding steroid dienone is 1. The Bertz CT molecular complexity index is 211. The van der Waals surface area contributed by atoms with Crippen LogP contribution < -0.4 is 0 Å². The van der Waals surface area contributed by atoms with Crippen molar-refractivity contribution < 1.29 is 25.3 Å². The van der Waals surface area contributed by atoms with Crippen molar-refractivity contribution in [1.82, 2.24) is 0 Å². The third-order valence-corrected chi connectivity index (χ3v) is 2.66. The Morgan fingerprint density at radius 3 is 1.64 bits per heavy atom. The summed E-state index contributed by atoms with van der Waals surface area (Å²) >= 11 is 0. The van der Waals surface area contributed by atoms with Gasteiger partial charge in [0.15, 0.2) is 22.8 Å². The predicted octanol–water partition coefficient (Wildman–Crippen LogP) is 3.32. The van der Waals surface area contributed by atoms with Crippen LogP contribution in [0.3, 0.4) is 0 Å². The zero-order chi connectivity index (χ0) is 8.81. The summed E-state index contributed by atoms with van der Waals surface area (Å²) in [6.45, 7) is 0. The number of halogens is 6. The Labute approximate surface area is 59.8 Å². The highest BCUT2D eigenvalue weighted by atomic mass is 32.3. The molecule has 0 saturated heterocycles. The van der Waals surface area contributed by atoms with Crippen LogP contribution in [0.15, 0.2) is 11.0 Å². The van der Waals surface area contributed by atoms with E-state index in [4.69, 9.17) is 0 Å². The van der Waals surface area contributed by atoms with Gasteiger partial charge in [-0.3, -0.25) is 0 Å². The lowest BCUT2D eigenvalue weighted by atomic mass is 10.4. The van der Waals surface area contributed by atoms with Crippen LogP contribution in [0.4, 0.5) is 25.3 Å². The second kappa shape index (κ2) is 2.33. The van der Waals surface area contributed by atoms with Gasteiger partial charge in [-0.25, -0.2) is 13.2 Å². The third-order valence-electron chi connectivity index (χ3n) is 1.18. The van der Waals surface area contributed by atoms with E-state index in [1.165, 1.54) is 0 Å². The van der Waals surface area contributed by atoms with Crippen LogP contribution in [-0.4, -0.2) is 11.7 Å². The van der Waals surface area contributed by atoms with Crippen LogP contribution >= 0.6 is 10.8 Å². The first-order chi connectivity index (χ1) is 4.89. The molecule has 0 N–H and O–H groups in total. The minimum absolute atomic E-state index is 2.31. The summed E-state index contributed by atoms with van der Waals surface area (Å²) in [7, 11) is -5.51. The topological polar surface area (TPSA) is 0 Å². The molecule has 1 aliphatic rings. The van der Waals surface area contributed by atoms with Crippen molar-refractivity contribution in [1.29, 1.82) is 0 Å². The van der Waals surface area contributed by atoms with Gasteiger partial charge in [0.25, 0.3) is 0 Å². The van der Waals surface area contributed by atoms with Gasteiger partial charge in [-0.15, -0.1) is 7.77 Å². The molecule has 0 aromatic carbocycles. The van der Waals surface area contributed by atoms with Gasteiger partial charge in [-0.05, 0) is 0 Å². The Morgan fingerprint density at radius 1 is 1.09 bits per heavy atom. The van der Waals surface area contributed by atoms with Crippen molar-refractivity contribution in [2.24, 2.45) is 0 Å². The predicted molar refractivity (Wildman–Crippen MR) is 28.8 cm³/mol. The molecule has 2 atom stereocenters. The number of rotatable bonds is 0. The largest absolute Gasteiger partial charge is 0.235 e. The van der Waals surface area contributed by atoms with E-state index < -0.39 is 33.5 Å². The Balaban J connectivity index is 3.06. The zero-order valence-electron chi connectivity index (χ0n) is 4.83. The fourth-order valence-electron chi connectivity index (χ4n) is 0.602. The average molecular weight is 196 g/mol. The molecule has 1 heterocycles. The molecule has 1 aliphatic heterocycles. The second-order valence-corrected chi connectivity index (χ2v) is 3.71. The van der Waals surface area contributed by atoms with Gasteiger partial charge in [0, 0.05) is 0 Å². The Kier molecular flexibility index (Phi) is 1.85. The Morgan fingerprint density at radius 2 is 1.55 bits per heavy atom. The summed E-state index contributed by atoms with van der Waals surface area (Å²) in [6, 6.07) is 0. The quantitative estimate of drug-likeness (QED) is 0.521. The van der Waals surface area contributed by atoms with E-state index in [2.05, 4.69) is 0 Å². The highest BCUT2D eigenvalue weighted by Gasteiger charge is 2.56. The molecule has 0 fully saturated rings. The minimum atomic E-state index is -5.51. The van der Waals surface area contributed by atoms with Gasteiger partial charge < -0.3 is 0 Å². The van der Waals surface area contributed by atoms with Gasteiger partial charge in [0.2, 0.25) is 10.7 Å². The summed E-state index contributed by atoms with van der Waals surface area (Å²) in [5.41, 5.74) is -3.36. The van der Waals surface area contributed by atoms with Crippen LogP contribution in [0.25, 0.3) is 0 Å². The van der Waals surface area contributed by atoms with Gasteiger partial charge in [0.1, 0.15) is 0 Å². The van der Waals surface area contributed by atoms with Gasteiger partial charge in [-0.1, -0.05) is 0 Å². The molecule has 0 saturated carbocycles. The minimum Gasteiger partial charge on any atom is -0.235 e. The lowest BCUT2D eigenvalue weighted by Crippen LogP contribution is -2.12. The van der Waals surface area contributed by atoms with E-state index in [0.29, 0.717) is 0 Å². The molecule has 66 valence electrons. The van der Waals surface area contributed by atoms with Gasteiger partial charge >= 0.3 is 0 Å². The van der Waals surface area contributed by atoms with E-state index in [9.17, 15) is 25.3 Å². The summed E-state index contributed by atoms with van der Waals surface area (Å²) < 4.78 is 71.8. The van der Waals surface area contributed by atoms with E-state index in [-0.39, 0.29) is 0 Å². The molecule has 0 spiro atoms. The molecule has 7 heteroatoms. The molecule has 1 rings (SSSR count). The van der Waals surface area contributed by atoms with Gasteiger partial charge in [0.05, 0.1) is 0 Å². The van der Waals surface area contributed by atoms with Crippen LogP contribution in [0.5, 0.6) is 0 Å². The average Bonchev–Trinajstić information content (AvgIpc) is 2.06. The van der Waals surface area contributed by atoms with E-state index in [0.717, 1.165) is 0 Å². The first-order valence-electron chi connectivity index (χ1n) is 2.43. The molecule has 0 bridgehead atoms. The van der Waals surface area contributed by atoms with E-state index in [1.54, 1.807) is 0 Å². The molecular formula is C4H2F6S. The molecule has 0 amide bonds. The summed E-state index contributed by atoms with van der Waals surface area (Å²) in [4.78, 5) is 0. The van der Waals surface area contributed by atoms with Crippen molar-refractivity contribution in [3.63, 3.8) is 0 Å². The van der Waals surface area contributed by atoms with Crippen molar-refractivity contribution in [2.45, 2.75) is 11.7 Å². The zero-order valence-corrected chi connectivity index (χ0v) is 5.65. The van der Waals surface area contributed by atoms with Crippen LogP contribution in [0, 0.1) is 0 Å². The summed E-state index contributed by atoms with van der Waals surface area (Å²) in [5.74, 6) is -2.31. The standard InChI is InChI=1S/C4H2F6S/c5-1-2(6)4(8)11(9,10)3(1)7/h1,3H. The molecule has 0 aromatic heterocycles. The highest BCUT2D eigenvalue weighted by Crippen LogP contribution is 2.70. The molecular weight excluding hydrogens is 194 g/mol. The van der Waals surface area contributed by atoms with E-state index in [1.807, 2.05) is 0 Å². The van der Waals surface area contributed by atoms with Crippen LogP contribution in [0.2, 0.25) is 0 Å². The fraction of sp³-hybridized carbons (Fsp3) is 0.500. The van der Waals surface area contributed by atoms with Crippen molar-refractivity contribution in [3.05, 3.63) is 11.0 Å². The van der Waals surface area contributed by atoms with Crippen LogP contribution in [0.1, 0.15) is 0 Å². The third kappa shape index (κ3) is 1.02. The molecule has 0 aromatic rings. The van der Waals surface area contributed by atoms with Crippen molar-refractivity contribution >= 4 is 10.8 Å². The summed E-state index contributed by atoms with van der Waals surface area (Å²) in [6.07, 6.45) is -3.14. The molecule has 0 aliphatic carbocycles. The van der Waals surface area contributed by atoms with E-state index >= 15 is 0 Å². The molecule has 0 nitrogen and oxygen atoms in total. The fourth-order valence-corrected chi connectivity index (χ4v) is 1.59. The van der Waals surface area contributed by atoms with Crippen LogP contribution in [-0.2, 0) is 0 Å². The van der Waals surface area contributed by atoms with Crippen molar-refractivity contribution in [3.8, 4) is 0 Å². The maximum absolute atomic E-state index is 12.0. The monoisotopic (exact) mass is 196 g/mol.